The number of morpholine rings is 1. The molecule has 30 heavy (non-hydrogen) atoms. The minimum absolute atomic E-state index is 0. The molecule has 1 fully saturated rings. The smallest absolute Gasteiger partial charge is 0.239 e. The highest BCUT2D eigenvalue weighted by Gasteiger charge is 2.23. The van der Waals surface area contributed by atoms with Crippen LogP contribution in [0.4, 0.5) is 0 Å². The van der Waals surface area contributed by atoms with Crippen LogP contribution in [0.25, 0.3) is 0 Å². The number of amides is 1. The van der Waals surface area contributed by atoms with Crippen molar-refractivity contribution in [1.29, 1.82) is 0 Å². The molecule has 1 heterocycles. The molecule has 1 aliphatic heterocycles. The van der Waals surface area contributed by atoms with E-state index in [1.54, 1.807) is 14.2 Å². The van der Waals surface area contributed by atoms with Crippen LogP contribution in [0.2, 0.25) is 0 Å². The van der Waals surface area contributed by atoms with Gasteiger partial charge in [0.25, 0.3) is 0 Å². The predicted octanol–water partition coefficient (Wildman–Crippen LogP) is 1.45. The Morgan fingerprint density at radius 2 is 1.83 bits per heavy atom. The summed E-state index contributed by atoms with van der Waals surface area (Å²) in [5.41, 5.74) is 1.02. The molecule has 1 aromatic rings. The Kier molecular flexibility index (Phi) is 12.7. The van der Waals surface area contributed by atoms with Crippen molar-refractivity contribution in [2.24, 2.45) is 10.9 Å². The number of nitrogens with zero attached hydrogens (tertiary/aromatic N) is 2. The standard InChI is InChI=1S/C21H35N5O3.HI/c1-16(2)19(26-9-11-29-12-10-26)14-24-21(22-3)25-15-20(27)23-13-17-5-7-18(28-4)8-6-17;/h5-8,16,19H,9-15H2,1-4H3,(H,23,27)(H2,22,24,25);1H. The molecule has 170 valence electrons. The van der Waals surface area contributed by atoms with Gasteiger partial charge in [0, 0.05) is 39.3 Å². The number of ether oxygens (including phenoxy) is 2. The molecule has 0 bridgehead atoms. The maximum atomic E-state index is 12.2. The van der Waals surface area contributed by atoms with Crippen molar-refractivity contribution in [2.45, 2.75) is 26.4 Å². The van der Waals surface area contributed by atoms with Gasteiger partial charge in [0.05, 0.1) is 26.9 Å². The van der Waals surface area contributed by atoms with E-state index in [2.05, 4.69) is 39.7 Å². The third-order valence-electron chi connectivity index (χ3n) is 5.05. The summed E-state index contributed by atoms with van der Waals surface area (Å²) in [5, 5.41) is 9.34. The Labute approximate surface area is 197 Å². The lowest BCUT2D eigenvalue weighted by Gasteiger charge is -2.37. The molecule has 3 N–H and O–H groups in total. The summed E-state index contributed by atoms with van der Waals surface area (Å²) in [6.45, 7) is 9.33. The van der Waals surface area contributed by atoms with Crippen molar-refractivity contribution in [3.8, 4) is 5.75 Å². The van der Waals surface area contributed by atoms with Gasteiger partial charge in [-0.15, -0.1) is 24.0 Å². The summed E-state index contributed by atoms with van der Waals surface area (Å²) in [5.74, 6) is 1.85. The first-order valence-electron chi connectivity index (χ1n) is 10.2. The SMILES string of the molecule is CN=C(NCC(=O)NCc1ccc(OC)cc1)NCC(C(C)C)N1CCOCC1.I. The van der Waals surface area contributed by atoms with Crippen LogP contribution in [0.1, 0.15) is 19.4 Å². The Hall–Kier alpha value is -1.59. The lowest BCUT2D eigenvalue weighted by Crippen LogP contribution is -2.53. The molecule has 0 radical (unpaired) electrons. The second kappa shape index (κ2) is 14.4. The van der Waals surface area contributed by atoms with Crippen LogP contribution in [-0.4, -0.2) is 76.4 Å². The summed E-state index contributed by atoms with van der Waals surface area (Å²) in [6, 6.07) is 8.02. The number of hydrogen-bond acceptors (Lipinski definition) is 5. The summed E-state index contributed by atoms with van der Waals surface area (Å²) < 4.78 is 10.6. The quantitative estimate of drug-likeness (QED) is 0.253. The van der Waals surface area contributed by atoms with E-state index in [1.165, 1.54) is 0 Å². The minimum atomic E-state index is -0.0858. The third kappa shape index (κ3) is 9.05. The molecule has 0 saturated carbocycles. The molecule has 1 aliphatic rings. The van der Waals surface area contributed by atoms with Crippen molar-refractivity contribution in [1.82, 2.24) is 20.9 Å². The van der Waals surface area contributed by atoms with Gasteiger partial charge in [0.15, 0.2) is 5.96 Å². The zero-order valence-electron chi connectivity index (χ0n) is 18.4. The molecule has 9 heteroatoms. The molecule has 0 aromatic heterocycles. The van der Waals surface area contributed by atoms with Crippen LogP contribution in [0.15, 0.2) is 29.3 Å². The van der Waals surface area contributed by atoms with Crippen molar-refractivity contribution in [3.05, 3.63) is 29.8 Å². The van der Waals surface area contributed by atoms with Gasteiger partial charge in [0.2, 0.25) is 5.91 Å². The van der Waals surface area contributed by atoms with Gasteiger partial charge in [-0.2, -0.15) is 0 Å². The molecule has 1 aromatic carbocycles. The Morgan fingerprint density at radius 1 is 1.17 bits per heavy atom. The number of methoxy groups -OCH3 is 1. The molecule has 1 atom stereocenters. The van der Waals surface area contributed by atoms with Gasteiger partial charge in [-0.05, 0) is 23.6 Å². The van der Waals surface area contributed by atoms with Crippen molar-refractivity contribution in [2.75, 3.05) is 53.6 Å². The van der Waals surface area contributed by atoms with Crippen LogP contribution in [0.5, 0.6) is 5.75 Å². The van der Waals surface area contributed by atoms with E-state index in [1.807, 2.05) is 24.3 Å². The topological polar surface area (TPSA) is 87.2 Å². The molecule has 0 spiro atoms. The fraction of sp³-hybridized carbons (Fsp3) is 0.619. The van der Waals surface area contributed by atoms with E-state index < -0.39 is 0 Å². The molecular weight excluding hydrogens is 497 g/mol. The normalized spacial score (nSPS) is 15.8. The average Bonchev–Trinajstić information content (AvgIpc) is 2.75. The van der Waals surface area contributed by atoms with E-state index in [-0.39, 0.29) is 36.4 Å². The number of aliphatic imine (C=N–C) groups is 1. The van der Waals surface area contributed by atoms with Crippen molar-refractivity contribution < 1.29 is 14.3 Å². The van der Waals surface area contributed by atoms with E-state index in [0.29, 0.717) is 24.5 Å². The Morgan fingerprint density at radius 3 is 2.40 bits per heavy atom. The summed E-state index contributed by atoms with van der Waals surface area (Å²) in [4.78, 5) is 18.8. The number of hydrogen-bond donors (Lipinski definition) is 3. The number of halogens is 1. The van der Waals surface area contributed by atoms with Crippen LogP contribution < -0.4 is 20.7 Å². The van der Waals surface area contributed by atoms with E-state index >= 15 is 0 Å². The van der Waals surface area contributed by atoms with Crippen molar-refractivity contribution in [3.63, 3.8) is 0 Å². The molecule has 1 saturated heterocycles. The lowest BCUT2D eigenvalue weighted by atomic mass is 10.0. The van der Waals surface area contributed by atoms with Crippen LogP contribution >= 0.6 is 24.0 Å². The predicted molar refractivity (Wildman–Crippen MR) is 131 cm³/mol. The first-order valence-corrected chi connectivity index (χ1v) is 10.2. The van der Waals surface area contributed by atoms with Crippen LogP contribution in [0, 0.1) is 5.92 Å². The molecule has 1 unspecified atom stereocenters. The molecule has 1 amide bonds. The molecule has 2 rings (SSSR count). The zero-order chi connectivity index (χ0) is 21.1. The summed E-state index contributed by atoms with van der Waals surface area (Å²) in [7, 11) is 3.34. The average molecular weight is 533 g/mol. The van der Waals surface area contributed by atoms with Crippen LogP contribution in [0.3, 0.4) is 0 Å². The van der Waals surface area contributed by atoms with Gasteiger partial charge in [0.1, 0.15) is 5.75 Å². The molecule has 8 nitrogen and oxygen atoms in total. The van der Waals surface area contributed by atoms with Gasteiger partial charge in [-0.25, -0.2) is 0 Å². The Bertz CT molecular complexity index is 649. The number of rotatable bonds is 9. The van der Waals surface area contributed by atoms with E-state index in [4.69, 9.17) is 9.47 Å². The van der Waals surface area contributed by atoms with Crippen molar-refractivity contribution >= 4 is 35.8 Å². The maximum Gasteiger partial charge on any atom is 0.239 e. The highest BCUT2D eigenvalue weighted by Crippen LogP contribution is 2.12. The number of carbonyl (C=O) groups excluding carboxylic acids is 1. The van der Waals surface area contributed by atoms with Gasteiger partial charge >= 0.3 is 0 Å². The first kappa shape index (κ1) is 26.4. The minimum Gasteiger partial charge on any atom is -0.497 e. The van der Waals surface area contributed by atoms with E-state index in [0.717, 1.165) is 44.2 Å². The van der Waals surface area contributed by atoms with Gasteiger partial charge in [-0.1, -0.05) is 26.0 Å². The second-order valence-electron chi connectivity index (χ2n) is 7.39. The fourth-order valence-corrected chi connectivity index (χ4v) is 3.29. The third-order valence-corrected chi connectivity index (χ3v) is 5.05. The highest BCUT2D eigenvalue weighted by atomic mass is 127. The second-order valence-corrected chi connectivity index (χ2v) is 7.39. The number of carbonyl (C=O) groups is 1. The van der Waals surface area contributed by atoms with Crippen LogP contribution in [-0.2, 0) is 16.1 Å². The van der Waals surface area contributed by atoms with Gasteiger partial charge in [-0.3, -0.25) is 14.7 Å². The lowest BCUT2D eigenvalue weighted by molar-refractivity contribution is -0.120. The first-order chi connectivity index (χ1) is 14.0. The summed E-state index contributed by atoms with van der Waals surface area (Å²) >= 11 is 0. The van der Waals surface area contributed by atoms with Gasteiger partial charge < -0.3 is 25.4 Å². The Balaban J connectivity index is 0.00000450. The largest absolute Gasteiger partial charge is 0.497 e. The molecule has 0 aliphatic carbocycles. The number of guanidine groups is 1. The number of benzene rings is 1. The maximum absolute atomic E-state index is 12.2. The number of nitrogens with one attached hydrogen (secondary N) is 3. The summed E-state index contributed by atoms with van der Waals surface area (Å²) in [6.07, 6.45) is 0. The molecular formula is C21H36IN5O3. The highest BCUT2D eigenvalue weighted by molar-refractivity contribution is 14.0. The fourth-order valence-electron chi connectivity index (χ4n) is 3.29. The zero-order valence-corrected chi connectivity index (χ0v) is 20.8. The monoisotopic (exact) mass is 533 g/mol. The van der Waals surface area contributed by atoms with E-state index in [9.17, 15) is 4.79 Å².